The highest BCUT2D eigenvalue weighted by Crippen LogP contribution is 2.61. The van der Waals surface area contributed by atoms with E-state index in [1.54, 1.807) is 5.41 Å². The van der Waals surface area contributed by atoms with E-state index in [2.05, 4.69) is 39.4 Å². The van der Waals surface area contributed by atoms with Gasteiger partial charge >= 0.3 is 23.5 Å². The normalized spacial score (nSPS) is 20.6. The van der Waals surface area contributed by atoms with E-state index in [0.29, 0.717) is 18.6 Å². The Morgan fingerprint density at radius 1 is 1.05 bits per heavy atom. The van der Waals surface area contributed by atoms with Crippen LogP contribution in [0.4, 0.5) is 5.82 Å². The lowest BCUT2D eigenvalue weighted by molar-refractivity contribution is -0.137. The van der Waals surface area contributed by atoms with Crippen molar-refractivity contribution >= 4 is 80.7 Å². The van der Waals surface area contributed by atoms with Crippen LogP contribution in [0.25, 0.3) is 22.1 Å². The number of hydrogen-bond acceptors (Lipinski definition) is 18. The number of aliphatic hydroxyl groups excluding tert-OH is 2. The standard InChI is InChI=1S/C35H49N8O17P3S/c1-35(2,30(47)33(48)38-12-10-26(45)37-13-15-64-14-11-22(44)7-5-6-21-16-39-24-9-4-3-8-23(21)24)18-57-63(54,55)60-62(52,53)56-17-25-29(59-61(49,50)51)28(46)34(58-25)43-20-42-27-31(36)40-19-41-32(27)43/h3-4,8-9,11,14,16,19-20,25,28-30,34,39,46-47H,5-7,10,12-13,15,17-18H2,1-2H3,(H,37,45)(H,38,48)(H,52,53)(H,54,55)(H2,36,40,41)(H2,49,50,51)/b14-11+/t25?,28?,29?,30-,34?/m1/s1. The molecule has 0 saturated carbocycles. The van der Waals surface area contributed by atoms with Crippen molar-refractivity contribution in [3.8, 4) is 0 Å². The molecule has 7 atom stereocenters. The summed E-state index contributed by atoms with van der Waals surface area (Å²) in [6.45, 7) is 0.588. The van der Waals surface area contributed by atoms with Crippen LogP contribution >= 0.6 is 35.2 Å². The van der Waals surface area contributed by atoms with Gasteiger partial charge in [0.1, 0.15) is 36.3 Å². The van der Waals surface area contributed by atoms with Gasteiger partial charge in [0.2, 0.25) is 11.8 Å². The Labute approximate surface area is 369 Å². The SMILES string of the molecule is CC(C)(COP(=O)(O)OP(=O)(O)OCC1OC(n2cnc3c(N)ncnc32)C(O)C1OP(=O)(O)O)[C@H](O)C(=O)NCCC(=O)NCCS/C=C/C(=O)CCCc1c[nH]c2ccccc12. The predicted molar refractivity (Wildman–Crippen MR) is 227 cm³/mol. The summed E-state index contributed by atoms with van der Waals surface area (Å²) in [5.74, 6) is -0.947. The van der Waals surface area contributed by atoms with E-state index in [-0.39, 0.29) is 42.3 Å². The van der Waals surface area contributed by atoms with E-state index in [1.165, 1.54) is 31.7 Å². The fourth-order valence-corrected chi connectivity index (χ4v) is 9.69. The number of nitrogens with one attached hydrogen (secondary N) is 3. The number of phosphoric ester groups is 3. The maximum atomic E-state index is 12.7. The lowest BCUT2D eigenvalue weighted by atomic mass is 9.87. The molecule has 4 aromatic rings. The minimum atomic E-state index is -5.58. The molecule has 1 saturated heterocycles. The number of hydrogen-bond donors (Lipinski definition) is 10. The number of phosphoric acid groups is 3. The predicted octanol–water partition coefficient (Wildman–Crippen LogP) is 1.73. The van der Waals surface area contributed by atoms with Crippen LogP contribution in [0.3, 0.4) is 0 Å². The Balaban J connectivity index is 0.986. The number of ether oxygens (including phenoxy) is 1. The molecule has 64 heavy (non-hydrogen) atoms. The molecule has 5 rings (SSSR count). The zero-order valence-electron chi connectivity index (χ0n) is 34.2. The minimum Gasteiger partial charge on any atom is -0.386 e. The Hall–Kier alpha value is -3.94. The Morgan fingerprint density at radius 2 is 1.78 bits per heavy atom. The van der Waals surface area contributed by atoms with Crippen LogP contribution < -0.4 is 16.4 Å². The molecule has 352 valence electrons. The summed E-state index contributed by atoms with van der Waals surface area (Å²) in [6, 6.07) is 7.97. The number of anilines is 1. The largest absolute Gasteiger partial charge is 0.481 e. The number of ketones is 1. The second-order valence-corrected chi connectivity index (χ2v) is 20.2. The first-order chi connectivity index (χ1) is 30.1. The van der Waals surface area contributed by atoms with E-state index >= 15 is 0 Å². The number of benzene rings is 1. The number of thioether (sulfide) groups is 1. The highest BCUT2D eigenvalue weighted by atomic mass is 32.2. The molecule has 6 unspecified atom stereocenters. The van der Waals surface area contributed by atoms with Crippen LogP contribution in [-0.4, -0.2) is 128 Å². The zero-order valence-corrected chi connectivity index (χ0v) is 37.7. The highest BCUT2D eigenvalue weighted by molar-refractivity contribution is 8.02. The third-order valence-corrected chi connectivity index (χ3v) is 13.4. The fraction of sp³-hybridized carbons (Fsp3) is 0.486. The molecule has 1 aromatic carbocycles. The Morgan fingerprint density at radius 3 is 2.53 bits per heavy atom. The smallest absolute Gasteiger partial charge is 0.386 e. The minimum absolute atomic E-state index is 0.00653. The van der Waals surface area contributed by atoms with Gasteiger partial charge in [0, 0.05) is 54.2 Å². The molecule has 0 bridgehead atoms. The summed E-state index contributed by atoms with van der Waals surface area (Å²) < 4.78 is 62.3. The van der Waals surface area contributed by atoms with Crippen LogP contribution in [-0.2, 0) is 57.1 Å². The number of allylic oxidation sites excluding steroid dienone is 1. The summed E-state index contributed by atoms with van der Waals surface area (Å²) in [5, 5.41) is 29.4. The number of amides is 2. The van der Waals surface area contributed by atoms with E-state index < -0.39 is 84.6 Å². The van der Waals surface area contributed by atoms with Crippen molar-refractivity contribution in [2.45, 2.75) is 70.2 Å². The van der Waals surface area contributed by atoms with E-state index in [4.69, 9.17) is 19.5 Å². The number of rotatable bonds is 25. The molecule has 2 amide bonds. The van der Waals surface area contributed by atoms with Crippen molar-refractivity contribution in [2.24, 2.45) is 5.41 Å². The lowest BCUT2D eigenvalue weighted by Crippen LogP contribution is -2.46. The summed E-state index contributed by atoms with van der Waals surface area (Å²) in [7, 11) is -16.4. The number of H-pyrrole nitrogens is 1. The third-order valence-electron chi connectivity index (χ3n) is 9.51. The second kappa shape index (κ2) is 22.0. The molecule has 4 heterocycles. The molecular formula is C35H49N8O17P3S. The van der Waals surface area contributed by atoms with Crippen molar-refractivity contribution in [1.29, 1.82) is 0 Å². The van der Waals surface area contributed by atoms with Crippen molar-refractivity contribution in [3.05, 3.63) is 60.2 Å². The topological polar surface area (TPSA) is 379 Å². The first-order valence-corrected chi connectivity index (χ1v) is 24.9. The number of para-hydroxylation sites is 1. The van der Waals surface area contributed by atoms with Gasteiger partial charge in [0.15, 0.2) is 23.5 Å². The fourth-order valence-electron chi connectivity index (χ4n) is 6.26. The number of nitrogens with zero attached hydrogens (tertiary/aromatic N) is 4. The maximum absolute atomic E-state index is 12.7. The van der Waals surface area contributed by atoms with Gasteiger partial charge in [-0.2, -0.15) is 4.31 Å². The van der Waals surface area contributed by atoms with Gasteiger partial charge in [0.05, 0.1) is 19.5 Å². The second-order valence-electron chi connectivity index (χ2n) is 14.9. The van der Waals surface area contributed by atoms with E-state index in [9.17, 15) is 57.9 Å². The first-order valence-electron chi connectivity index (χ1n) is 19.3. The van der Waals surface area contributed by atoms with Crippen LogP contribution in [0.5, 0.6) is 0 Å². The van der Waals surface area contributed by atoms with Gasteiger partial charge in [-0.05, 0) is 36.0 Å². The monoisotopic (exact) mass is 978 g/mol. The number of aromatic nitrogens is 5. The summed E-state index contributed by atoms with van der Waals surface area (Å²) in [4.78, 5) is 91.5. The van der Waals surface area contributed by atoms with Crippen molar-refractivity contribution in [2.75, 3.05) is 37.8 Å². The molecule has 0 spiro atoms. The molecule has 0 aliphatic carbocycles. The van der Waals surface area contributed by atoms with Gasteiger partial charge < -0.3 is 55.9 Å². The average molecular weight is 979 g/mol. The number of imidazole rings is 1. The van der Waals surface area contributed by atoms with Crippen LogP contribution in [0, 0.1) is 5.41 Å². The van der Waals surface area contributed by atoms with Crippen molar-refractivity contribution in [3.63, 3.8) is 0 Å². The van der Waals surface area contributed by atoms with Gasteiger partial charge in [-0.3, -0.25) is 32.5 Å². The number of nitrogens with two attached hydrogens (primary N) is 1. The number of fused-ring (bicyclic) bond motifs is 2. The average Bonchev–Trinajstić information content (AvgIpc) is 3.92. The number of carbonyl (C=O) groups is 3. The summed E-state index contributed by atoms with van der Waals surface area (Å²) >= 11 is 1.34. The number of aliphatic hydroxyl groups is 2. The molecule has 1 aliphatic rings. The molecule has 3 aromatic heterocycles. The lowest BCUT2D eigenvalue weighted by Gasteiger charge is -2.30. The highest BCUT2D eigenvalue weighted by Gasteiger charge is 2.50. The number of carbonyl (C=O) groups excluding carboxylic acids is 3. The number of aromatic amines is 1. The van der Waals surface area contributed by atoms with Crippen LogP contribution in [0.15, 0.2) is 54.6 Å². The van der Waals surface area contributed by atoms with Gasteiger partial charge in [0.25, 0.3) is 0 Å². The molecule has 11 N–H and O–H groups in total. The van der Waals surface area contributed by atoms with Crippen molar-refractivity contribution < 1.29 is 80.5 Å². The zero-order chi connectivity index (χ0) is 46.9. The first kappa shape index (κ1) is 51.1. The van der Waals surface area contributed by atoms with Crippen molar-refractivity contribution in [1.82, 2.24) is 35.1 Å². The molecule has 1 aliphatic heterocycles. The molecule has 29 heteroatoms. The molecule has 1 fully saturated rings. The summed E-state index contributed by atoms with van der Waals surface area (Å²) in [5.41, 5.74) is 6.48. The van der Waals surface area contributed by atoms with Gasteiger partial charge in [-0.25, -0.2) is 28.6 Å². The molecule has 0 radical (unpaired) electrons. The number of aryl methyl sites for hydroxylation is 1. The molecular weight excluding hydrogens is 929 g/mol. The Bertz CT molecular complexity index is 2450. The quantitative estimate of drug-likeness (QED) is 0.0257. The number of nitrogen functional groups attached to an aromatic ring is 1. The molecule has 25 nitrogen and oxygen atoms in total. The van der Waals surface area contributed by atoms with E-state index in [0.717, 1.165) is 40.1 Å². The van der Waals surface area contributed by atoms with Crippen LogP contribution in [0.1, 0.15) is 44.9 Å². The van der Waals surface area contributed by atoms with Gasteiger partial charge in [-0.15, -0.1) is 11.8 Å². The van der Waals surface area contributed by atoms with Crippen LogP contribution in [0.2, 0.25) is 0 Å². The van der Waals surface area contributed by atoms with E-state index in [1.807, 2.05) is 30.5 Å². The summed E-state index contributed by atoms with van der Waals surface area (Å²) in [6.07, 6.45) is -1.57. The third kappa shape index (κ3) is 14.5. The maximum Gasteiger partial charge on any atom is 0.481 e. The van der Waals surface area contributed by atoms with Gasteiger partial charge in [-0.1, -0.05) is 32.0 Å². The Kier molecular flexibility index (Phi) is 17.6.